The van der Waals surface area contributed by atoms with E-state index in [1.54, 1.807) is 12.1 Å². The molecule has 2 nitrogen and oxygen atoms in total. The number of hydrogen-bond acceptors (Lipinski definition) is 2. The molecule has 0 bridgehead atoms. The minimum absolute atomic E-state index is 0.300. The topological polar surface area (TPSA) is 35.8 Å². The molecular weight excluding hydrogens is 215 g/mol. The summed E-state index contributed by atoms with van der Waals surface area (Å²) in [5.41, 5.74) is 0.924. The third-order valence-electron chi connectivity index (χ3n) is 1.77. The smallest absolute Gasteiger partial charge is 0.124 e. The molecule has 0 saturated heterocycles. The largest absolute Gasteiger partial charge is 0.381 e. The predicted octanol–water partition coefficient (Wildman–Crippen LogP) is 2.90. The van der Waals surface area contributed by atoms with Crippen LogP contribution in [0.5, 0.6) is 0 Å². The summed E-state index contributed by atoms with van der Waals surface area (Å²) in [4.78, 5) is 0. The van der Waals surface area contributed by atoms with Crippen LogP contribution in [0, 0.1) is 17.1 Å². The highest BCUT2D eigenvalue weighted by Crippen LogP contribution is 2.15. The van der Waals surface area contributed by atoms with Gasteiger partial charge in [-0.25, -0.2) is 4.39 Å². The summed E-state index contributed by atoms with van der Waals surface area (Å²) in [5.74, 6) is 0.0457. The lowest BCUT2D eigenvalue weighted by Gasteiger charge is -2.05. The Kier molecular flexibility index (Phi) is 4.65. The first-order valence-corrected chi connectivity index (χ1v) is 4.96. The van der Waals surface area contributed by atoms with Crippen molar-refractivity contribution < 1.29 is 4.39 Å². The zero-order chi connectivity index (χ0) is 11.1. The number of nitrogens with zero attached hydrogens (tertiary/aromatic N) is 1. The van der Waals surface area contributed by atoms with Crippen LogP contribution >= 0.6 is 11.6 Å². The van der Waals surface area contributed by atoms with E-state index in [2.05, 4.69) is 5.32 Å². The summed E-state index contributed by atoms with van der Waals surface area (Å²) < 4.78 is 12.8. The molecule has 0 aromatic heterocycles. The molecule has 1 N–H and O–H groups in total. The van der Waals surface area contributed by atoms with Crippen LogP contribution in [0.15, 0.2) is 30.4 Å². The highest BCUT2D eigenvalue weighted by atomic mass is 35.5. The number of alkyl halides is 1. The van der Waals surface area contributed by atoms with E-state index >= 15 is 0 Å². The van der Waals surface area contributed by atoms with Crippen molar-refractivity contribution in [1.82, 2.24) is 0 Å². The average molecular weight is 225 g/mol. The Morgan fingerprint density at radius 3 is 2.93 bits per heavy atom. The van der Waals surface area contributed by atoms with E-state index in [-0.39, 0.29) is 0 Å². The van der Waals surface area contributed by atoms with E-state index in [4.69, 9.17) is 16.9 Å². The number of nitrogens with one attached hydrogen (secondary N) is 1. The number of halogens is 2. The van der Waals surface area contributed by atoms with E-state index < -0.39 is 5.82 Å². The van der Waals surface area contributed by atoms with Crippen LogP contribution in [-0.2, 0) is 0 Å². The molecular formula is C11H10ClFN2. The third-order valence-corrected chi connectivity index (χ3v) is 1.95. The summed E-state index contributed by atoms with van der Waals surface area (Å²) in [6.07, 6.45) is 3.64. The molecule has 0 fully saturated rings. The van der Waals surface area contributed by atoms with Gasteiger partial charge in [0.1, 0.15) is 11.9 Å². The Labute approximate surface area is 93.0 Å². The maximum atomic E-state index is 12.8. The van der Waals surface area contributed by atoms with E-state index in [0.717, 1.165) is 0 Å². The Morgan fingerprint density at radius 1 is 1.47 bits per heavy atom. The molecule has 0 heterocycles. The standard InChI is InChI=1S/C11H10ClFN2/c12-5-1-2-6-15-11-4-3-10(13)7-9(11)8-14/h1-4,7,15H,5-6H2/b2-1+. The van der Waals surface area contributed by atoms with Crippen molar-refractivity contribution in [3.63, 3.8) is 0 Å². The lowest BCUT2D eigenvalue weighted by Crippen LogP contribution is -2.00. The SMILES string of the molecule is N#Cc1cc(F)ccc1NC/C=C/CCl. The van der Waals surface area contributed by atoms with Gasteiger partial charge >= 0.3 is 0 Å². The van der Waals surface area contributed by atoms with Gasteiger partial charge in [0, 0.05) is 12.4 Å². The fourth-order valence-corrected chi connectivity index (χ4v) is 1.20. The molecule has 1 rings (SSSR count). The quantitative estimate of drug-likeness (QED) is 0.631. The molecule has 4 heteroatoms. The first kappa shape index (κ1) is 11.5. The highest BCUT2D eigenvalue weighted by Gasteiger charge is 2.01. The van der Waals surface area contributed by atoms with E-state index in [1.165, 1.54) is 12.1 Å². The molecule has 0 spiro atoms. The molecule has 0 unspecified atom stereocenters. The number of nitriles is 1. The summed E-state index contributed by atoms with van der Waals surface area (Å²) in [5, 5.41) is 11.7. The summed E-state index contributed by atoms with van der Waals surface area (Å²) in [6, 6.07) is 5.98. The second-order valence-corrected chi connectivity index (χ2v) is 3.12. The van der Waals surface area contributed by atoms with Gasteiger partial charge in [0.25, 0.3) is 0 Å². The fraction of sp³-hybridized carbons (Fsp3) is 0.182. The van der Waals surface area contributed by atoms with Crippen LogP contribution in [-0.4, -0.2) is 12.4 Å². The Morgan fingerprint density at radius 2 is 2.27 bits per heavy atom. The molecule has 0 aliphatic carbocycles. The van der Waals surface area contributed by atoms with Crippen LogP contribution in [0.2, 0.25) is 0 Å². The van der Waals surface area contributed by atoms with Crippen molar-refractivity contribution >= 4 is 17.3 Å². The molecule has 15 heavy (non-hydrogen) atoms. The second kappa shape index (κ2) is 6.05. The summed E-state index contributed by atoms with van der Waals surface area (Å²) in [7, 11) is 0. The number of benzene rings is 1. The van der Waals surface area contributed by atoms with Gasteiger partial charge in [-0.2, -0.15) is 5.26 Å². The Hall–Kier alpha value is -1.53. The highest BCUT2D eigenvalue weighted by molar-refractivity contribution is 6.18. The molecule has 1 aromatic carbocycles. The molecule has 0 saturated carbocycles. The van der Waals surface area contributed by atoms with Gasteiger partial charge in [0.05, 0.1) is 11.3 Å². The predicted molar refractivity (Wildman–Crippen MR) is 59.5 cm³/mol. The van der Waals surface area contributed by atoms with Gasteiger partial charge in [0.15, 0.2) is 0 Å². The zero-order valence-corrected chi connectivity index (χ0v) is 8.76. The second-order valence-electron chi connectivity index (χ2n) is 2.81. The number of allylic oxidation sites excluding steroid dienone is 1. The normalized spacial score (nSPS) is 10.2. The average Bonchev–Trinajstić information content (AvgIpc) is 2.26. The van der Waals surface area contributed by atoms with Crippen LogP contribution in [0.1, 0.15) is 5.56 Å². The van der Waals surface area contributed by atoms with Crippen molar-refractivity contribution in [3.05, 3.63) is 41.7 Å². The number of rotatable bonds is 4. The molecule has 0 aliphatic heterocycles. The van der Waals surface area contributed by atoms with Crippen molar-refractivity contribution in [1.29, 1.82) is 5.26 Å². The Balaban J connectivity index is 2.69. The van der Waals surface area contributed by atoms with Crippen molar-refractivity contribution in [2.75, 3.05) is 17.7 Å². The minimum Gasteiger partial charge on any atom is -0.381 e. The summed E-state index contributed by atoms with van der Waals surface area (Å²) >= 11 is 5.45. The van der Waals surface area contributed by atoms with E-state index in [1.807, 2.05) is 12.1 Å². The van der Waals surface area contributed by atoms with Gasteiger partial charge in [-0.1, -0.05) is 12.2 Å². The monoisotopic (exact) mass is 224 g/mol. The maximum Gasteiger partial charge on any atom is 0.124 e. The zero-order valence-electron chi connectivity index (χ0n) is 8.00. The minimum atomic E-state index is -0.409. The van der Waals surface area contributed by atoms with Gasteiger partial charge in [-0.15, -0.1) is 11.6 Å². The number of anilines is 1. The van der Waals surface area contributed by atoms with Gasteiger partial charge < -0.3 is 5.32 Å². The fourth-order valence-electron chi connectivity index (χ4n) is 1.08. The van der Waals surface area contributed by atoms with Gasteiger partial charge in [-0.05, 0) is 18.2 Å². The van der Waals surface area contributed by atoms with Crippen LogP contribution in [0.25, 0.3) is 0 Å². The molecule has 0 radical (unpaired) electrons. The van der Waals surface area contributed by atoms with E-state index in [9.17, 15) is 4.39 Å². The molecule has 1 aromatic rings. The van der Waals surface area contributed by atoms with E-state index in [0.29, 0.717) is 23.7 Å². The van der Waals surface area contributed by atoms with Crippen molar-refractivity contribution in [2.24, 2.45) is 0 Å². The molecule has 78 valence electrons. The molecule has 0 atom stereocenters. The van der Waals surface area contributed by atoms with Crippen LogP contribution < -0.4 is 5.32 Å². The van der Waals surface area contributed by atoms with Crippen LogP contribution in [0.4, 0.5) is 10.1 Å². The van der Waals surface area contributed by atoms with Gasteiger partial charge in [-0.3, -0.25) is 0 Å². The maximum absolute atomic E-state index is 12.8. The summed E-state index contributed by atoms with van der Waals surface area (Å²) in [6.45, 7) is 0.563. The van der Waals surface area contributed by atoms with Crippen molar-refractivity contribution in [2.45, 2.75) is 0 Å². The lowest BCUT2D eigenvalue weighted by molar-refractivity contribution is 0.627. The Bertz CT molecular complexity index is 396. The number of hydrogen-bond donors (Lipinski definition) is 1. The third kappa shape index (κ3) is 3.61. The molecule has 0 amide bonds. The lowest BCUT2D eigenvalue weighted by atomic mass is 10.2. The van der Waals surface area contributed by atoms with Gasteiger partial charge in [0.2, 0.25) is 0 Å². The van der Waals surface area contributed by atoms with Crippen LogP contribution in [0.3, 0.4) is 0 Å². The van der Waals surface area contributed by atoms with Crippen molar-refractivity contribution in [3.8, 4) is 6.07 Å². The first-order chi connectivity index (χ1) is 7.27. The molecule has 0 aliphatic rings. The first-order valence-electron chi connectivity index (χ1n) is 4.42.